The summed E-state index contributed by atoms with van der Waals surface area (Å²) in [5.74, 6) is -1.09. The van der Waals surface area contributed by atoms with Crippen molar-refractivity contribution in [1.82, 2.24) is 4.57 Å². The van der Waals surface area contributed by atoms with Crippen molar-refractivity contribution >= 4 is 29.2 Å². The maximum absolute atomic E-state index is 11.9. The lowest BCUT2D eigenvalue weighted by Crippen LogP contribution is -2.24. The summed E-state index contributed by atoms with van der Waals surface area (Å²) in [5, 5.41) is 9.91. The molecule has 0 spiro atoms. The molecule has 1 N–H and O–H groups in total. The topological polar surface area (TPSA) is 59.3 Å². The van der Waals surface area contributed by atoms with Gasteiger partial charge in [0.25, 0.3) is 5.56 Å². The van der Waals surface area contributed by atoms with E-state index >= 15 is 0 Å². The molecule has 2 aromatic rings. The number of hydrogen-bond donors (Lipinski definition) is 1. The smallest absolute Gasteiger partial charge is 0.337 e. The van der Waals surface area contributed by atoms with Crippen molar-refractivity contribution in [3.63, 3.8) is 0 Å². The molecular formula is C14H11Cl2NO3. The number of carboxylic acid groups (broad SMARTS) is 1. The summed E-state index contributed by atoms with van der Waals surface area (Å²) >= 11 is 11.9. The second kappa shape index (κ2) is 5.69. The van der Waals surface area contributed by atoms with Gasteiger partial charge in [0, 0.05) is 22.3 Å². The summed E-state index contributed by atoms with van der Waals surface area (Å²) in [6, 6.07) is 7.08. The molecule has 0 amide bonds. The van der Waals surface area contributed by atoms with Crippen molar-refractivity contribution in [2.24, 2.45) is 0 Å². The molecule has 20 heavy (non-hydrogen) atoms. The summed E-state index contributed by atoms with van der Waals surface area (Å²) in [7, 11) is 0. The highest BCUT2D eigenvalue weighted by Crippen LogP contribution is 2.27. The molecule has 1 atom stereocenters. The lowest BCUT2D eigenvalue weighted by molar-refractivity contribution is 0.0695. The summed E-state index contributed by atoms with van der Waals surface area (Å²) < 4.78 is 1.33. The van der Waals surface area contributed by atoms with Gasteiger partial charge in [-0.05, 0) is 30.7 Å². The monoisotopic (exact) mass is 311 g/mol. The van der Waals surface area contributed by atoms with Crippen molar-refractivity contribution < 1.29 is 9.90 Å². The van der Waals surface area contributed by atoms with Gasteiger partial charge in [-0.25, -0.2) is 4.79 Å². The van der Waals surface area contributed by atoms with E-state index in [1.54, 1.807) is 25.1 Å². The van der Waals surface area contributed by atoms with Crippen molar-refractivity contribution in [1.29, 1.82) is 0 Å². The number of aromatic nitrogens is 1. The fourth-order valence-corrected chi connectivity index (χ4v) is 2.49. The molecule has 0 saturated carbocycles. The molecule has 4 nitrogen and oxygen atoms in total. The molecule has 1 aromatic heterocycles. The van der Waals surface area contributed by atoms with Crippen molar-refractivity contribution in [2.45, 2.75) is 13.0 Å². The maximum Gasteiger partial charge on any atom is 0.337 e. The maximum atomic E-state index is 11.9. The normalized spacial score (nSPS) is 12.2. The van der Waals surface area contributed by atoms with Gasteiger partial charge in [0.05, 0.1) is 11.6 Å². The summed E-state index contributed by atoms with van der Waals surface area (Å²) in [5.41, 5.74) is 0.441. The van der Waals surface area contributed by atoms with Gasteiger partial charge in [0.1, 0.15) is 0 Å². The van der Waals surface area contributed by atoms with Crippen LogP contribution in [0, 0.1) is 0 Å². The molecule has 0 fully saturated rings. The minimum absolute atomic E-state index is 0.0431. The van der Waals surface area contributed by atoms with Crippen LogP contribution in [0.15, 0.2) is 41.3 Å². The largest absolute Gasteiger partial charge is 0.478 e. The highest BCUT2D eigenvalue weighted by molar-refractivity contribution is 6.35. The van der Waals surface area contributed by atoms with Gasteiger partial charge in [0.2, 0.25) is 0 Å². The molecule has 0 aliphatic carbocycles. The first-order valence-corrected chi connectivity index (χ1v) is 6.56. The van der Waals surface area contributed by atoms with Crippen LogP contribution >= 0.6 is 23.2 Å². The molecule has 0 saturated heterocycles. The first kappa shape index (κ1) is 14.6. The van der Waals surface area contributed by atoms with Crippen molar-refractivity contribution in [2.75, 3.05) is 0 Å². The summed E-state index contributed by atoms with van der Waals surface area (Å²) in [4.78, 5) is 22.9. The van der Waals surface area contributed by atoms with E-state index in [1.165, 1.54) is 22.9 Å². The quantitative estimate of drug-likeness (QED) is 0.944. The Morgan fingerprint density at radius 2 is 1.95 bits per heavy atom. The molecule has 1 heterocycles. The second-order valence-corrected chi connectivity index (χ2v) is 5.15. The van der Waals surface area contributed by atoms with Gasteiger partial charge >= 0.3 is 5.97 Å². The number of carboxylic acids is 1. The number of halogens is 2. The van der Waals surface area contributed by atoms with Gasteiger partial charge < -0.3 is 9.67 Å². The Morgan fingerprint density at radius 3 is 2.55 bits per heavy atom. The second-order valence-electron chi connectivity index (χ2n) is 4.31. The zero-order valence-corrected chi connectivity index (χ0v) is 12.0. The third kappa shape index (κ3) is 2.86. The lowest BCUT2D eigenvalue weighted by Gasteiger charge is -2.17. The van der Waals surface area contributed by atoms with Crippen LogP contribution in [0.25, 0.3) is 0 Å². The van der Waals surface area contributed by atoms with E-state index in [0.29, 0.717) is 15.6 Å². The Morgan fingerprint density at radius 1 is 1.25 bits per heavy atom. The Labute approximate surface area is 125 Å². The number of carbonyl (C=O) groups is 1. The van der Waals surface area contributed by atoms with Crippen LogP contribution in [0.1, 0.15) is 28.9 Å². The summed E-state index contributed by atoms with van der Waals surface area (Å²) in [6.07, 6.45) is 1.31. The standard InChI is InChI=1S/C14H11Cl2NO3/c1-8(11-4-3-10(15)6-12(11)16)17-7-9(14(19)20)2-5-13(17)18/h2-8H,1H3,(H,19,20). The Bertz CT molecular complexity index is 725. The van der Waals surface area contributed by atoms with Crippen LogP contribution in [0.3, 0.4) is 0 Å². The highest BCUT2D eigenvalue weighted by atomic mass is 35.5. The fourth-order valence-electron chi connectivity index (χ4n) is 1.92. The predicted molar refractivity (Wildman–Crippen MR) is 77.9 cm³/mol. The molecule has 0 aliphatic heterocycles. The van der Waals surface area contributed by atoms with E-state index in [-0.39, 0.29) is 11.1 Å². The molecular weight excluding hydrogens is 301 g/mol. The first-order valence-electron chi connectivity index (χ1n) is 5.80. The molecule has 0 aliphatic rings. The molecule has 2 rings (SSSR count). The van der Waals surface area contributed by atoms with E-state index < -0.39 is 12.0 Å². The van der Waals surface area contributed by atoms with Crippen LogP contribution in [0.5, 0.6) is 0 Å². The number of hydrogen-bond acceptors (Lipinski definition) is 2. The van der Waals surface area contributed by atoms with Crippen LogP contribution in [0.2, 0.25) is 10.0 Å². The average Bonchev–Trinajstić information content (AvgIpc) is 2.38. The Balaban J connectivity index is 2.52. The SMILES string of the molecule is CC(c1ccc(Cl)cc1Cl)n1cc(C(=O)O)ccc1=O. The third-order valence-corrected chi connectivity index (χ3v) is 3.58. The minimum atomic E-state index is -1.09. The van der Waals surface area contributed by atoms with E-state index in [9.17, 15) is 9.59 Å². The molecule has 1 unspecified atom stereocenters. The predicted octanol–water partition coefficient (Wildman–Crippen LogP) is 3.46. The number of pyridine rings is 1. The zero-order valence-electron chi connectivity index (χ0n) is 10.5. The van der Waals surface area contributed by atoms with Crippen molar-refractivity contribution in [3.05, 3.63) is 68.1 Å². The molecule has 1 aromatic carbocycles. The van der Waals surface area contributed by atoms with Crippen LogP contribution < -0.4 is 5.56 Å². The van der Waals surface area contributed by atoms with Crippen molar-refractivity contribution in [3.8, 4) is 0 Å². The van der Waals surface area contributed by atoms with Gasteiger partial charge in [0.15, 0.2) is 0 Å². The third-order valence-electron chi connectivity index (χ3n) is 3.01. The van der Waals surface area contributed by atoms with Gasteiger partial charge in [-0.15, -0.1) is 0 Å². The number of aromatic carboxylic acids is 1. The fraction of sp³-hybridized carbons (Fsp3) is 0.143. The summed E-state index contributed by atoms with van der Waals surface area (Å²) in [6.45, 7) is 1.77. The van der Waals surface area contributed by atoms with Crippen LogP contribution in [-0.2, 0) is 0 Å². The first-order chi connectivity index (χ1) is 9.40. The van der Waals surface area contributed by atoms with E-state index in [0.717, 1.165) is 0 Å². The molecule has 0 radical (unpaired) electrons. The number of rotatable bonds is 3. The van der Waals surface area contributed by atoms with Gasteiger partial charge in [-0.3, -0.25) is 4.79 Å². The van der Waals surface area contributed by atoms with Gasteiger partial charge in [-0.2, -0.15) is 0 Å². The van der Waals surface area contributed by atoms with E-state index in [1.807, 2.05) is 0 Å². The van der Waals surface area contributed by atoms with E-state index in [2.05, 4.69) is 0 Å². The minimum Gasteiger partial charge on any atom is -0.478 e. The van der Waals surface area contributed by atoms with E-state index in [4.69, 9.17) is 28.3 Å². The number of nitrogens with zero attached hydrogens (tertiary/aromatic N) is 1. The van der Waals surface area contributed by atoms with Crippen LogP contribution in [-0.4, -0.2) is 15.6 Å². The van der Waals surface area contributed by atoms with Gasteiger partial charge in [-0.1, -0.05) is 29.3 Å². The molecule has 6 heteroatoms. The average molecular weight is 312 g/mol. The Kier molecular flexibility index (Phi) is 4.16. The zero-order chi connectivity index (χ0) is 14.9. The van der Waals surface area contributed by atoms with Crippen LogP contribution in [0.4, 0.5) is 0 Å². The lowest BCUT2D eigenvalue weighted by atomic mass is 10.1. The number of benzene rings is 1. The molecule has 104 valence electrons. The Hall–Kier alpha value is -1.78. The molecule has 0 bridgehead atoms. The highest BCUT2D eigenvalue weighted by Gasteiger charge is 2.15.